The van der Waals surface area contributed by atoms with E-state index in [4.69, 9.17) is 18.9 Å². The van der Waals surface area contributed by atoms with Crippen LogP contribution < -0.4 is 0 Å². The maximum atomic E-state index is 13.6. The van der Waals surface area contributed by atoms with Gasteiger partial charge in [0, 0.05) is 64.5 Å². The fourth-order valence-electron chi connectivity index (χ4n) is 36.6. The fourth-order valence-corrected chi connectivity index (χ4v) is 36.6. The van der Waals surface area contributed by atoms with Crippen molar-refractivity contribution in [3.05, 3.63) is 97.6 Å². The highest BCUT2D eigenvalue weighted by atomic mass is 16.5. The molecular formula is C112H156N12O12. The van der Waals surface area contributed by atoms with E-state index in [9.17, 15) is 39.6 Å². The summed E-state index contributed by atoms with van der Waals surface area (Å²) in [5.41, 5.74) is 5.01. The van der Waals surface area contributed by atoms with Gasteiger partial charge < -0.3 is 39.4 Å². The largest absolute Gasteiger partial charge is 0.387 e. The number of carbonyl (C=O) groups is 4. The van der Waals surface area contributed by atoms with Gasteiger partial charge in [-0.05, 0) is 420 Å². The Balaban J connectivity index is 0.000000108. The smallest absolute Gasteiger partial charge is 0.159 e. The van der Waals surface area contributed by atoms with Crippen LogP contribution in [0.25, 0.3) is 44.1 Å². The average molecular weight is 1860 g/mol. The first kappa shape index (κ1) is 95.0. The number of benzene rings is 2. The number of rotatable bonds is 20. The molecule has 6 heterocycles. The molecule has 24 rings (SSSR count). The van der Waals surface area contributed by atoms with Crippen molar-refractivity contribution in [1.82, 2.24) is 59.5 Å². The summed E-state index contributed by atoms with van der Waals surface area (Å²) in [4.78, 5) is 64.7. The minimum atomic E-state index is -0.623. The van der Waals surface area contributed by atoms with Gasteiger partial charge in [0.15, 0.2) is 23.1 Å². The van der Waals surface area contributed by atoms with Crippen molar-refractivity contribution in [2.45, 2.75) is 307 Å². The van der Waals surface area contributed by atoms with Crippen LogP contribution in [0.3, 0.4) is 0 Å². The molecule has 0 aliphatic heterocycles. The number of ether oxygens (including phenoxy) is 4. The van der Waals surface area contributed by atoms with Crippen molar-refractivity contribution in [3.63, 3.8) is 0 Å². The molecule has 0 radical (unpaired) electrons. The highest BCUT2D eigenvalue weighted by Gasteiger charge is 2.65. The van der Waals surface area contributed by atoms with Crippen molar-refractivity contribution in [2.24, 2.45) is 164 Å². The highest BCUT2D eigenvalue weighted by Crippen LogP contribution is 2.70. The van der Waals surface area contributed by atoms with E-state index in [1.807, 2.05) is 83.7 Å². The van der Waals surface area contributed by atoms with Gasteiger partial charge in [-0.2, -0.15) is 25.2 Å². The Morgan fingerprint density at radius 3 is 1.05 bits per heavy atom. The van der Waals surface area contributed by atoms with Crippen molar-refractivity contribution in [2.75, 3.05) is 54.9 Å². The van der Waals surface area contributed by atoms with Gasteiger partial charge in [-0.3, -0.25) is 38.5 Å². The number of ketones is 4. The third kappa shape index (κ3) is 17.5. The number of pyridine rings is 2. The number of Topliss-reactive ketones (excluding diaryl/α,β-unsaturated/α-hetero) is 4. The summed E-state index contributed by atoms with van der Waals surface area (Å²) in [6, 6.07) is 23.5. The number of aliphatic hydroxyl groups is 4. The van der Waals surface area contributed by atoms with Gasteiger partial charge in [-0.1, -0.05) is 57.2 Å². The van der Waals surface area contributed by atoms with Crippen LogP contribution in [0.2, 0.25) is 0 Å². The van der Waals surface area contributed by atoms with E-state index in [1.54, 1.807) is 61.2 Å². The quantitative estimate of drug-likeness (QED) is 0.0551. The normalized spacial score (nSPS) is 41.6. The van der Waals surface area contributed by atoms with Crippen molar-refractivity contribution in [3.8, 4) is 0 Å². The monoisotopic (exact) mass is 1860 g/mol. The molecule has 24 heteroatoms. The Labute approximate surface area is 804 Å². The Kier molecular flexibility index (Phi) is 26.5. The summed E-state index contributed by atoms with van der Waals surface area (Å²) in [6.07, 6.45) is 47.4. The van der Waals surface area contributed by atoms with Gasteiger partial charge in [0.25, 0.3) is 0 Å². The first-order valence-electron chi connectivity index (χ1n) is 53.7. The van der Waals surface area contributed by atoms with E-state index >= 15 is 0 Å². The van der Waals surface area contributed by atoms with Gasteiger partial charge >= 0.3 is 0 Å². The zero-order valence-corrected chi connectivity index (χ0v) is 82.6. The van der Waals surface area contributed by atoms with Crippen LogP contribution in [-0.2, 0) is 64.3 Å². The molecule has 16 aliphatic rings. The molecule has 6 aromatic heterocycles. The zero-order chi connectivity index (χ0) is 94.0. The topological polar surface area (TPSA) is 309 Å². The number of aromatic nitrogens is 12. The third-order valence-electron chi connectivity index (χ3n) is 42.3. The molecule has 24 nitrogen and oxygen atoms in total. The minimum absolute atomic E-state index is 0.114. The molecular weight excluding hydrogens is 1710 g/mol. The van der Waals surface area contributed by atoms with Crippen LogP contribution in [-0.4, -0.2) is 180 Å². The molecule has 136 heavy (non-hydrogen) atoms. The lowest BCUT2D eigenvalue weighted by atomic mass is 9.49. The predicted octanol–water partition coefficient (Wildman–Crippen LogP) is 18.6. The predicted molar refractivity (Wildman–Crippen MR) is 520 cm³/mol. The number of nitrogens with zero attached hydrogens (tertiary/aromatic N) is 12. The Morgan fingerprint density at radius 2 is 0.654 bits per heavy atom. The first-order valence-corrected chi connectivity index (χ1v) is 53.7. The molecule has 4 N–H and O–H groups in total. The second-order valence-electron chi connectivity index (χ2n) is 48.8. The van der Waals surface area contributed by atoms with Crippen LogP contribution in [0.15, 0.2) is 97.6 Å². The van der Waals surface area contributed by atoms with E-state index in [1.165, 1.54) is 122 Å². The summed E-state index contributed by atoms with van der Waals surface area (Å²) in [5.74, 6) is 16.2. The fraction of sp³-hybridized carbons (Fsp3) is 0.750. The molecule has 0 spiro atoms. The molecule has 0 amide bonds. The molecule has 736 valence electrons. The van der Waals surface area contributed by atoms with E-state index in [-0.39, 0.29) is 45.3 Å². The van der Waals surface area contributed by atoms with Crippen LogP contribution in [0.4, 0.5) is 0 Å². The summed E-state index contributed by atoms with van der Waals surface area (Å²) in [7, 11) is 6.80. The Hall–Kier alpha value is -7.16. The number of hydrogen-bond donors (Lipinski definition) is 4. The SMILES string of the molecule is COC[C@@]1(O)CC[C@H]2[C@@H](CC[C@@H]3[C@@H]2CC[C@]2(C)[C@@H](C(=O)Cn4cc5ncccc5n4)CC[C@@H]32)C1.COC[C@@]1(O)CC[C@H]2[C@@H](CC[C@@H]3[C@@H]2CC[C@]2(C)[C@@H](C(=O)Cn4nc5ccccc5n4)CC[C@@H]32)C1.COC[C@@]1(O)CC[C@H]2[C@@H](CC[C@@H]3[C@@H]2CC[C@]2(C)[C@@H](C(=O)Cn4ncc5ncccc54)CC[C@@H]32)C1.COC[C@@]1(O)CC[C@H]2[C@@H](CC[C@@H]3[C@@H]2CC[C@]2(C)[C@@H](C(=O)Cn4nnc5ccccc54)CC[C@@H]32)C1. The first-order chi connectivity index (χ1) is 65.6. The standard InChI is InChI=1S/4C28H39N3O3/c1-27-11-9-20-19-10-12-28(33,17-34-2)14-18(19)5-6-21(20)22(27)7-8-23(27)26(32)16-31-25-4-3-13-29-24(25)15-30-31;1-27-11-9-20-19-10-12-28(33,17-34-2)14-18(19)5-6-21(20)22(27)7-8-23(27)26(32)16-31-15-25-24(30-31)4-3-13-29-25;1-27-13-11-20-19-12-14-28(33,17-34-2)15-18(19)7-8-21(20)22(27)9-10-23(27)26(32)16-31-25-6-4-3-5-24(25)29-30-31;1-27-13-11-20-19-12-14-28(33,17-34-2)15-18(19)7-8-21(20)22(27)9-10-23(27)26(32)16-31-29-24-5-3-4-6-25(24)30-31/h2*3-4,13,15,18-23,33H,5-12,14,16-17H2,1-2H3;2*3-6,18-23,33H,7-17H2,1-2H3/t4*18-,19-,20+,21+,22-,23+,27-,28+/m0000/s1. The van der Waals surface area contributed by atoms with Gasteiger partial charge in [0.1, 0.15) is 52.7 Å². The molecule has 32 atom stereocenters. The maximum absolute atomic E-state index is 13.6. The second-order valence-corrected chi connectivity index (χ2v) is 48.8. The molecule has 0 bridgehead atoms. The van der Waals surface area contributed by atoms with Crippen LogP contribution in [0, 0.1) is 164 Å². The van der Waals surface area contributed by atoms with Crippen molar-refractivity contribution >= 4 is 67.3 Å². The summed E-state index contributed by atoms with van der Waals surface area (Å²) in [6.45, 7) is 12.9. The van der Waals surface area contributed by atoms with E-state index in [2.05, 4.69) is 68.4 Å². The molecule has 0 saturated heterocycles. The minimum Gasteiger partial charge on any atom is -0.387 e. The highest BCUT2D eigenvalue weighted by molar-refractivity contribution is 5.86. The molecule has 2 aromatic carbocycles. The van der Waals surface area contributed by atoms with E-state index < -0.39 is 22.4 Å². The molecule has 8 aromatic rings. The summed E-state index contributed by atoms with van der Waals surface area (Å²) in [5, 5.41) is 70.6. The molecule has 0 unspecified atom stereocenters. The molecule has 16 fully saturated rings. The zero-order valence-electron chi connectivity index (χ0n) is 82.6. The van der Waals surface area contributed by atoms with Crippen molar-refractivity contribution < 1.29 is 58.6 Å². The Bertz CT molecular complexity index is 5200. The number of fused-ring (bicyclic) bond motifs is 24. The number of hydrogen-bond acceptors (Lipinski definition) is 20. The number of para-hydroxylation sites is 1. The lowest BCUT2D eigenvalue weighted by Gasteiger charge is -2.57. The average Bonchev–Trinajstić information content (AvgIpc) is 1.65. The lowest BCUT2D eigenvalue weighted by Crippen LogP contribution is -2.52. The lowest BCUT2D eigenvalue weighted by molar-refractivity contribution is -0.137. The van der Waals surface area contributed by atoms with E-state index in [0.29, 0.717) is 123 Å². The van der Waals surface area contributed by atoms with Crippen LogP contribution in [0.1, 0.15) is 259 Å². The van der Waals surface area contributed by atoms with Gasteiger partial charge in [-0.25, -0.2) is 4.68 Å². The van der Waals surface area contributed by atoms with Gasteiger partial charge in [-0.15, -0.1) is 5.10 Å². The van der Waals surface area contributed by atoms with Gasteiger partial charge in [0.2, 0.25) is 0 Å². The summed E-state index contributed by atoms with van der Waals surface area (Å²) >= 11 is 0. The van der Waals surface area contributed by atoms with E-state index in [0.717, 1.165) is 224 Å². The molecule has 16 saturated carbocycles. The van der Waals surface area contributed by atoms with Crippen LogP contribution >= 0.6 is 0 Å². The van der Waals surface area contributed by atoms with Crippen LogP contribution in [0.5, 0.6) is 0 Å². The number of carbonyl (C=O) groups excluding carboxylic acids is 4. The maximum Gasteiger partial charge on any atom is 0.159 e. The van der Waals surface area contributed by atoms with Gasteiger partial charge in [0.05, 0.1) is 78.8 Å². The second kappa shape index (κ2) is 37.9. The molecule has 16 aliphatic carbocycles. The van der Waals surface area contributed by atoms with Crippen molar-refractivity contribution in [1.29, 1.82) is 0 Å². The summed E-state index contributed by atoms with van der Waals surface area (Å²) < 4.78 is 26.8. The number of methoxy groups -OCH3 is 4. The Morgan fingerprint density at radius 1 is 0.331 bits per heavy atom. The third-order valence-corrected chi connectivity index (χ3v) is 42.3.